The maximum atomic E-state index is 4.75. The Morgan fingerprint density at radius 3 is 3.00 bits per heavy atom. The molecule has 0 aromatic heterocycles. The molecule has 0 saturated heterocycles. The fourth-order valence-electron chi connectivity index (χ4n) is 1.86. The van der Waals surface area contributed by atoms with Crippen LogP contribution in [0.5, 0.6) is 0 Å². The van der Waals surface area contributed by atoms with Crippen molar-refractivity contribution in [3.63, 3.8) is 0 Å². The van der Waals surface area contributed by atoms with Gasteiger partial charge >= 0.3 is 0 Å². The van der Waals surface area contributed by atoms with Crippen molar-refractivity contribution in [2.75, 3.05) is 6.26 Å². The molecule has 0 N–H and O–H groups in total. The summed E-state index contributed by atoms with van der Waals surface area (Å²) in [6.07, 6.45) is 5.77. The molecule has 0 aliphatic carbocycles. The molecule has 1 nitrogen and oxygen atoms in total. The van der Waals surface area contributed by atoms with Gasteiger partial charge < -0.3 is 0 Å². The fourth-order valence-corrected chi connectivity index (χ4v) is 3.87. The summed E-state index contributed by atoms with van der Waals surface area (Å²) in [5.41, 5.74) is 1.15. The Morgan fingerprint density at radius 2 is 2.25 bits per heavy atom. The lowest BCUT2D eigenvalue weighted by Crippen LogP contribution is -2.06. The largest absolute Gasteiger partial charge is 0.245 e. The molecular weight excluding hydrogens is 234 g/mol. The summed E-state index contributed by atoms with van der Waals surface area (Å²) in [7, 11) is 0. The molecule has 1 aliphatic rings. The SMILES string of the molecule is CCCC1CC(SC)=Nc2ccccc2S1. The highest BCUT2D eigenvalue weighted by atomic mass is 32.2. The minimum absolute atomic E-state index is 0.694. The summed E-state index contributed by atoms with van der Waals surface area (Å²) in [5, 5.41) is 1.97. The second-order valence-electron chi connectivity index (χ2n) is 3.91. The highest BCUT2D eigenvalue weighted by Crippen LogP contribution is 2.39. The number of fused-ring (bicyclic) bond motifs is 1. The van der Waals surface area contributed by atoms with Crippen LogP contribution in [0.3, 0.4) is 0 Å². The molecule has 16 heavy (non-hydrogen) atoms. The lowest BCUT2D eigenvalue weighted by atomic mass is 10.2. The molecule has 2 rings (SSSR count). The molecule has 0 fully saturated rings. The zero-order valence-electron chi connectivity index (χ0n) is 9.77. The molecule has 0 saturated carbocycles. The first kappa shape index (κ1) is 12.1. The van der Waals surface area contributed by atoms with Gasteiger partial charge in [0.25, 0.3) is 0 Å². The Bertz CT molecular complexity index is 387. The molecule has 1 aliphatic heterocycles. The second-order valence-corrected chi connectivity index (χ2v) is 6.13. The predicted octanol–water partition coefficient (Wildman–Crippen LogP) is 4.74. The monoisotopic (exact) mass is 251 g/mol. The molecule has 1 heterocycles. The summed E-state index contributed by atoms with van der Waals surface area (Å²) >= 11 is 3.78. The Morgan fingerprint density at radius 1 is 1.44 bits per heavy atom. The maximum absolute atomic E-state index is 4.75. The average Bonchev–Trinajstić information content (AvgIpc) is 2.48. The van der Waals surface area contributed by atoms with Crippen molar-refractivity contribution in [1.29, 1.82) is 0 Å². The predicted molar refractivity (Wildman–Crippen MR) is 76.2 cm³/mol. The Hall–Kier alpha value is -0.410. The van der Waals surface area contributed by atoms with Crippen molar-refractivity contribution in [3.8, 4) is 0 Å². The normalized spacial score (nSPS) is 19.9. The van der Waals surface area contributed by atoms with Crippen LogP contribution in [0.4, 0.5) is 5.69 Å². The number of rotatable bonds is 2. The van der Waals surface area contributed by atoms with Crippen LogP contribution in [0.15, 0.2) is 34.2 Å². The van der Waals surface area contributed by atoms with Gasteiger partial charge in [-0.15, -0.1) is 23.5 Å². The lowest BCUT2D eigenvalue weighted by Gasteiger charge is -2.13. The van der Waals surface area contributed by atoms with Crippen LogP contribution in [0, 0.1) is 0 Å². The molecule has 0 amide bonds. The number of hydrogen-bond donors (Lipinski definition) is 0. The Balaban J connectivity index is 2.30. The van der Waals surface area contributed by atoms with E-state index in [1.807, 2.05) is 11.8 Å². The summed E-state index contributed by atoms with van der Waals surface area (Å²) in [6, 6.07) is 8.48. The van der Waals surface area contributed by atoms with Gasteiger partial charge in [0.15, 0.2) is 0 Å². The van der Waals surface area contributed by atoms with Crippen molar-refractivity contribution in [3.05, 3.63) is 24.3 Å². The highest BCUT2D eigenvalue weighted by molar-refractivity contribution is 8.13. The first-order valence-electron chi connectivity index (χ1n) is 5.70. The zero-order chi connectivity index (χ0) is 11.4. The minimum atomic E-state index is 0.694. The van der Waals surface area contributed by atoms with Crippen molar-refractivity contribution in [2.24, 2.45) is 4.99 Å². The van der Waals surface area contributed by atoms with E-state index in [2.05, 4.69) is 37.4 Å². The van der Waals surface area contributed by atoms with Gasteiger partial charge in [-0.3, -0.25) is 0 Å². The van der Waals surface area contributed by atoms with Crippen molar-refractivity contribution >= 4 is 34.3 Å². The van der Waals surface area contributed by atoms with E-state index >= 15 is 0 Å². The Labute approximate surface area is 106 Å². The third-order valence-electron chi connectivity index (χ3n) is 2.65. The first-order valence-corrected chi connectivity index (χ1v) is 7.81. The average molecular weight is 251 g/mol. The molecule has 1 aromatic rings. The number of nitrogens with zero attached hydrogens (tertiary/aromatic N) is 1. The molecular formula is C13H17NS2. The summed E-state index contributed by atoms with van der Waals surface area (Å²) < 4.78 is 0. The van der Waals surface area contributed by atoms with Gasteiger partial charge in [0, 0.05) is 16.6 Å². The third kappa shape index (κ3) is 2.83. The molecule has 86 valence electrons. The molecule has 1 aromatic carbocycles. The number of benzene rings is 1. The highest BCUT2D eigenvalue weighted by Gasteiger charge is 2.18. The van der Waals surface area contributed by atoms with E-state index in [-0.39, 0.29) is 0 Å². The quantitative estimate of drug-likeness (QED) is 0.752. The second kappa shape index (κ2) is 5.78. The molecule has 3 heteroatoms. The summed E-state index contributed by atoms with van der Waals surface area (Å²) in [4.78, 5) is 6.09. The number of thioether (sulfide) groups is 2. The molecule has 1 atom stereocenters. The van der Waals surface area contributed by atoms with Crippen LogP contribution in [-0.2, 0) is 0 Å². The fraction of sp³-hybridized carbons (Fsp3) is 0.462. The van der Waals surface area contributed by atoms with Gasteiger partial charge in [-0.25, -0.2) is 4.99 Å². The number of hydrogen-bond acceptors (Lipinski definition) is 3. The van der Waals surface area contributed by atoms with E-state index in [0.29, 0.717) is 5.25 Å². The first-order chi connectivity index (χ1) is 7.83. The lowest BCUT2D eigenvalue weighted by molar-refractivity contribution is 0.763. The smallest absolute Gasteiger partial charge is 0.0775 e. The van der Waals surface area contributed by atoms with Gasteiger partial charge in [0.05, 0.1) is 10.7 Å². The van der Waals surface area contributed by atoms with Crippen molar-refractivity contribution in [1.82, 2.24) is 0 Å². The van der Waals surface area contributed by atoms with E-state index in [4.69, 9.17) is 4.99 Å². The van der Waals surface area contributed by atoms with E-state index in [1.54, 1.807) is 11.8 Å². The zero-order valence-corrected chi connectivity index (χ0v) is 11.4. The molecule has 0 radical (unpaired) electrons. The molecule has 0 spiro atoms. The van der Waals surface area contributed by atoms with Crippen LogP contribution in [-0.4, -0.2) is 16.5 Å². The van der Waals surface area contributed by atoms with E-state index in [9.17, 15) is 0 Å². The third-order valence-corrected chi connectivity index (χ3v) is 4.72. The van der Waals surface area contributed by atoms with Crippen LogP contribution in [0.2, 0.25) is 0 Å². The number of para-hydroxylation sites is 1. The van der Waals surface area contributed by atoms with E-state index in [0.717, 1.165) is 12.1 Å². The minimum Gasteiger partial charge on any atom is -0.245 e. The van der Waals surface area contributed by atoms with Gasteiger partial charge in [-0.1, -0.05) is 25.5 Å². The van der Waals surface area contributed by atoms with Gasteiger partial charge in [-0.05, 0) is 24.8 Å². The van der Waals surface area contributed by atoms with Crippen molar-refractivity contribution in [2.45, 2.75) is 36.3 Å². The topological polar surface area (TPSA) is 12.4 Å². The van der Waals surface area contributed by atoms with Crippen LogP contribution in [0.25, 0.3) is 0 Å². The van der Waals surface area contributed by atoms with Crippen LogP contribution >= 0.6 is 23.5 Å². The van der Waals surface area contributed by atoms with Gasteiger partial charge in [0.1, 0.15) is 0 Å². The van der Waals surface area contributed by atoms with Gasteiger partial charge in [0.2, 0.25) is 0 Å². The van der Waals surface area contributed by atoms with E-state index < -0.39 is 0 Å². The van der Waals surface area contributed by atoms with Crippen molar-refractivity contribution < 1.29 is 0 Å². The molecule has 1 unspecified atom stereocenters. The maximum Gasteiger partial charge on any atom is 0.0775 e. The number of aliphatic imine (C=N–C) groups is 1. The van der Waals surface area contributed by atoms with E-state index in [1.165, 1.54) is 22.8 Å². The summed E-state index contributed by atoms with van der Waals surface area (Å²) in [6.45, 7) is 2.26. The van der Waals surface area contributed by atoms with Crippen LogP contribution < -0.4 is 0 Å². The standard InChI is InChI=1S/C13H17NS2/c1-3-6-10-9-13(15-2)14-11-7-4-5-8-12(11)16-10/h4-5,7-8,10H,3,6,9H2,1-2H3. The Kier molecular flexibility index (Phi) is 4.36. The van der Waals surface area contributed by atoms with Gasteiger partial charge in [-0.2, -0.15) is 0 Å². The molecule has 0 bridgehead atoms. The summed E-state index contributed by atoms with van der Waals surface area (Å²) in [5.74, 6) is 0. The van der Waals surface area contributed by atoms with Crippen LogP contribution in [0.1, 0.15) is 26.2 Å².